The highest BCUT2D eigenvalue weighted by Gasteiger charge is 2.17. The van der Waals surface area contributed by atoms with Gasteiger partial charge in [-0.25, -0.2) is 13.2 Å². The molecule has 0 radical (unpaired) electrons. The molecule has 0 aliphatic rings. The van der Waals surface area contributed by atoms with E-state index in [1.54, 1.807) is 0 Å². The molecule has 6 nitrogen and oxygen atoms in total. The standard InChI is InChI=1S/C10H19NO5S2/c1-8(12)11-9(10(13)14)4-6-17-5-3-7-18(2,15)16/h9H,3-7H2,1-2H3,(H,11,12)(H,13,14). The second-order valence-corrected chi connectivity index (χ2v) is 7.46. The van der Waals surface area contributed by atoms with E-state index in [1.807, 2.05) is 0 Å². The monoisotopic (exact) mass is 297 g/mol. The molecule has 0 aromatic carbocycles. The molecule has 18 heavy (non-hydrogen) atoms. The number of carbonyl (C=O) groups is 2. The number of hydrogen-bond donors (Lipinski definition) is 2. The molecular formula is C10H19NO5S2. The number of carboxylic acid groups (broad SMARTS) is 1. The maximum atomic E-state index is 10.8. The highest BCUT2D eigenvalue weighted by Crippen LogP contribution is 2.08. The first-order chi connectivity index (χ1) is 8.22. The molecule has 0 rings (SSSR count). The third-order valence-corrected chi connectivity index (χ3v) is 4.16. The Morgan fingerprint density at radius 3 is 2.39 bits per heavy atom. The molecule has 0 aliphatic heterocycles. The minimum absolute atomic E-state index is 0.147. The SMILES string of the molecule is CC(=O)NC(CCSCCCS(C)(=O)=O)C(=O)O. The van der Waals surface area contributed by atoms with Gasteiger partial charge in [-0.2, -0.15) is 11.8 Å². The van der Waals surface area contributed by atoms with E-state index in [2.05, 4.69) is 5.32 Å². The minimum Gasteiger partial charge on any atom is -0.480 e. The van der Waals surface area contributed by atoms with Crippen LogP contribution in [0, 0.1) is 0 Å². The van der Waals surface area contributed by atoms with E-state index in [0.717, 1.165) is 0 Å². The van der Waals surface area contributed by atoms with E-state index in [0.29, 0.717) is 24.3 Å². The van der Waals surface area contributed by atoms with Crippen molar-refractivity contribution in [3.63, 3.8) is 0 Å². The van der Waals surface area contributed by atoms with Crippen molar-refractivity contribution in [3.05, 3.63) is 0 Å². The maximum Gasteiger partial charge on any atom is 0.326 e. The summed E-state index contributed by atoms with van der Waals surface area (Å²) in [5.41, 5.74) is 0. The van der Waals surface area contributed by atoms with Crippen molar-refractivity contribution in [2.45, 2.75) is 25.8 Å². The summed E-state index contributed by atoms with van der Waals surface area (Å²) in [5.74, 6) is -0.0411. The molecule has 0 aromatic rings. The van der Waals surface area contributed by atoms with Gasteiger partial charge in [0.05, 0.1) is 5.75 Å². The molecule has 2 N–H and O–H groups in total. The zero-order valence-electron chi connectivity index (χ0n) is 10.5. The molecule has 0 saturated carbocycles. The summed E-state index contributed by atoms with van der Waals surface area (Å²) >= 11 is 1.49. The summed E-state index contributed by atoms with van der Waals surface area (Å²) in [7, 11) is -2.92. The van der Waals surface area contributed by atoms with Crippen LogP contribution in [0.25, 0.3) is 0 Å². The lowest BCUT2D eigenvalue weighted by molar-refractivity contribution is -0.141. The predicted octanol–water partition coefficient (Wildman–Crippen LogP) is 0.134. The van der Waals surface area contributed by atoms with E-state index >= 15 is 0 Å². The third kappa shape index (κ3) is 10.4. The first-order valence-electron chi connectivity index (χ1n) is 5.48. The molecule has 1 atom stereocenters. The average molecular weight is 297 g/mol. The van der Waals surface area contributed by atoms with Gasteiger partial charge in [-0.15, -0.1) is 0 Å². The van der Waals surface area contributed by atoms with Crippen molar-refractivity contribution in [2.24, 2.45) is 0 Å². The molecule has 8 heteroatoms. The van der Waals surface area contributed by atoms with Gasteiger partial charge in [-0.05, 0) is 24.3 Å². The highest BCUT2D eigenvalue weighted by atomic mass is 32.2. The van der Waals surface area contributed by atoms with Gasteiger partial charge >= 0.3 is 5.97 Å². The predicted molar refractivity (Wildman–Crippen MR) is 71.5 cm³/mol. The number of thioether (sulfide) groups is 1. The molecule has 106 valence electrons. The zero-order valence-corrected chi connectivity index (χ0v) is 12.1. The van der Waals surface area contributed by atoms with Crippen molar-refractivity contribution >= 4 is 33.5 Å². The Bertz CT molecular complexity index is 380. The number of carbonyl (C=O) groups excluding carboxylic acids is 1. The fraction of sp³-hybridized carbons (Fsp3) is 0.800. The van der Waals surface area contributed by atoms with Gasteiger partial charge in [0, 0.05) is 13.2 Å². The van der Waals surface area contributed by atoms with Crippen LogP contribution in [0.1, 0.15) is 19.8 Å². The number of amides is 1. The molecule has 0 aromatic heterocycles. The van der Waals surface area contributed by atoms with Crippen LogP contribution in [-0.4, -0.2) is 55.0 Å². The minimum atomic E-state index is -2.92. The van der Waals surface area contributed by atoms with Crippen LogP contribution in [0.4, 0.5) is 0 Å². The summed E-state index contributed by atoms with van der Waals surface area (Å²) in [6.45, 7) is 1.27. The second kappa shape index (κ2) is 8.36. The van der Waals surface area contributed by atoms with Crippen LogP contribution < -0.4 is 5.32 Å². The number of carboxylic acids is 1. The van der Waals surface area contributed by atoms with Crippen LogP contribution >= 0.6 is 11.8 Å². The van der Waals surface area contributed by atoms with Crippen molar-refractivity contribution in [3.8, 4) is 0 Å². The molecule has 1 unspecified atom stereocenters. The Balaban J connectivity index is 3.74. The number of hydrogen-bond acceptors (Lipinski definition) is 5. The molecule has 0 heterocycles. The summed E-state index contributed by atoms with van der Waals surface area (Å²) in [6, 6.07) is -0.870. The second-order valence-electron chi connectivity index (χ2n) is 3.98. The van der Waals surface area contributed by atoms with Gasteiger partial charge in [0.2, 0.25) is 5.91 Å². The van der Waals surface area contributed by atoms with Crippen LogP contribution in [0.15, 0.2) is 0 Å². The van der Waals surface area contributed by atoms with Gasteiger partial charge < -0.3 is 10.4 Å². The Hall–Kier alpha value is -0.760. The molecule has 0 aliphatic carbocycles. The maximum absolute atomic E-state index is 10.8. The summed E-state index contributed by atoms with van der Waals surface area (Å²) in [5, 5.41) is 11.2. The topological polar surface area (TPSA) is 101 Å². The quantitative estimate of drug-likeness (QED) is 0.587. The van der Waals surface area contributed by atoms with Crippen LogP contribution in [0.2, 0.25) is 0 Å². The highest BCUT2D eigenvalue weighted by molar-refractivity contribution is 7.99. The lowest BCUT2D eigenvalue weighted by Gasteiger charge is -2.12. The third-order valence-electron chi connectivity index (χ3n) is 2.03. The number of aliphatic carboxylic acids is 1. The first kappa shape index (κ1) is 17.2. The molecule has 0 bridgehead atoms. The van der Waals surface area contributed by atoms with E-state index in [4.69, 9.17) is 5.11 Å². The Kier molecular flexibility index (Phi) is 8.01. The molecule has 0 spiro atoms. The van der Waals surface area contributed by atoms with Crippen molar-refractivity contribution in [1.29, 1.82) is 0 Å². The van der Waals surface area contributed by atoms with Crippen molar-refractivity contribution in [1.82, 2.24) is 5.32 Å². The first-order valence-corrected chi connectivity index (χ1v) is 8.69. The molecule has 0 saturated heterocycles. The molecule has 1 amide bonds. The molecular weight excluding hydrogens is 278 g/mol. The normalized spacial score (nSPS) is 13.0. The van der Waals surface area contributed by atoms with Gasteiger partial charge in [-0.3, -0.25) is 4.79 Å². The fourth-order valence-electron chi connectivity index (χ4n) is 1.23. The van der Waals surface area contributed by atoms with E-state index in [-0.39, 0.29) is 11.7 Å². The van der Waals surface area contributed by atoms with E-state index in [9.17, 15) is 18.0 Å². The smallest absolute Gasteiger partial charge is 0.326 e. The number of nitrogens with one attached hydrogen (secondary N) is 1. The largest absolute Gasteiger partial charge is 0.480 e. The Morgan fingerprint density at radius 2 is 1.94 bits per heavy atom. The van der Waals surface area contributed by atoms with Gasteiger partial charge in [0.15, 0.2) is 0 Å². The average Bonchev–Trinajstić information content (AvgIpc) is 2.18. The van der Waals surface area contributed by atoms with Gasteiger partial charge in [0.25, 0.3) is 0 Å². The zero-order chi connectivity index (χ0) is 14.2. The number of sulfone groups is 1. The Labute approximate surface area is 111 Å². The van der Waals surface area contributed by atoms with Crippen LogP contribution in [0.5, 0.6) is 0 Å². The lowest BCUT2D eigenvalue weighted by Crippen LogP contribution is -2.39. The van der Waals surface area contributed by atoms with Crippen molar-refractivity contribution in [2.75, 3.05) is 23.5 Å². The van der Waals surface area contributed by atoms with E-state index in [1.165, 1.54) is 24.9 Å². The fourth-order valence-corrected chi connectivity index (χ4v) is 3.04. The summed E-state index contributed by atoms with van der Waals surface area (Å²) in [4.78, 5) is 21.5. The summed E-state index contributed by atoms with van der Waals surface area (Å²) < 4.78 is 21.7. The van der Waals surface area contributed by atoms with E-state index < -0.39 is 21.8 Å². The van der Waals surface area contributed by atoms with Crippen molar-refractivity contribution < 1.29 is 23.1 Å². The lowest BCUT2D eigenvalue weighted by atomic mass is 10.2. The molecule has 0 fully saturated rings. The van der Waals surface area contributed by atoms with Crippen LogP contribution in [0.3, 0.4) is 0 Å². The van der Waals surface area contributed by atoms with Gasteiger partial charge in [-0.1, -0.05) is 0 Å². The van der Waals surface area contributed by atoms with Gasteiger partial charge in [0.1, 0.15) is 15.9 Å². The Morgan fingerprint density at radius 1 is 1.33 bits per heavy atom. The number of rotatable bonds is 9. The van der Waals surface area contributed by atoms with Crippen LogP contribution in [-0.2, 0) is 19.4 Å². The summed E-state index contributed by atoms with van der Waals surface area (Å²) in [6.07, 6.45) is 2.08.